The highest BCUT2D eigenvalue weighted by atomic mass is 35.5. The topological polar surface area (TPSA) is 53.4 Å². The van der Waals surface area contributed by atoms with Crippen molar-refractivity contribution in [1.29, 1.82) is 0 Å². The van der Waals surface area contributed by atoms with Crippen molar-refractivity contribution >= 4 is 23.2 Å². The standard InChI is InChI=1S/C20H33ClN4O/c1-16-6-7-17(21)14-18(16)25-12-10-24(11-13-25)15-19(26)22-8-5-9-23-20(2,3)4/h6-7,14,23H,5,8-13,15H2,1-4H3,(H,22,26)/p+2. The molecular formula is C20H35ClN4O+2. The molecule has 0 aromatic heterocycles. The van der Waals surface area contributed by atoms with E-state index in [1.54, 1.807) is 0 Å². The van der Waals surface area contributed by atoms with Crippen molar-refractivity contribution in [3.63, 3.8) is 0 Å². The Labute approximate surface area is 163 Å². The SMILES string of the molecule is Cc1ccc(Cl)cc1N1CC[NH+](CC(=O)NCCC[NH2+]C(C)(C)C)CC1. The predicted molar refractivity (Wildman–Crippen MR) is 108 cm³/mol. The van der Waals surface area contributed by atoms with Crippen LogP contribution < -0.4 is 20.4 Å². The van der Waals surface area contributed by atoms with Gasteiger partial charge < -0.3 is 20.4 Å². The van der Waals surface area contributed by atoms with Crippen molar-refractivity contribution in [2.75, 3.05) is 50.7 Å². The summed E-state index contributed by atoms with van der Waals surface area (Å²) >= 11 is 6.14. The number of anilines is 1. The Balaban J connectivity index is 1.67. The number of benzene rings is 1. The van der Waals surface area contributed by atoms with E-state index in [1.165, 1.54) is 16.2 Å². The molecule has 5 nitrogen and oxygen atoms in total. The normalized spacial score (nSPS) is 16.0. The Kier molecular flexibility index (Phi) is 7.74. The van der Waals surface area contributed by atoms with Crippen LogP contribution in [0.25, 0.3) is 0 Å². The van der Waals surface area contributed by atoms with Crippen LogP contribution in [-0.2, 0) is 4.79 Å². The number of nitrogens with zero attached hydrogens (tertiary/aromatic N) is 1. The van der Waals surface area contributed by atoms with E-state index in [9.17, 15) is 4.79 Å². The highest BCUT2D eigenvalue weighted by Gasteiger charge is 2.23. The van der Waals surface area contributed by atoms with Crippen molar-refractivity contribution in [3.05, 3.63) is 28.8 Å². The number of quaternary nitrogens is 2. The van der Waals surface area contributed by atoms with Crippen LogP contribution >= 0.6 is 11.6 Å². The van der Waals surface area contributed by atoms with E-state index in [4.69, 9.17) is 11.6 Å². The fraction of sp³-hybridized carbons (Fsp3) is 0.650. The lowest BCUT2D eigenvalue weighted by Gasteiger charge is -2.34. The summed E-state index contributed by atoms with van der Waals surface area (Å²) < 4.78 is 0. The summed E-state index contributed by atoms with van der Waals surface area (Å²) in [5, 5.41) is 6.17. The quantitative estimate of drug-likeness (QED) is 0.591. The van der Waals surface area contributed by atoms with Gasteiger partial charge in [-0.3, -0.25) is 4.79 Å². The fourth-order valence-electron chi connectivity index (χ4n) is 3.32. The van der Waals surface area contributed by atoms with Gasteiger partial charge in [0.1, 0.15) is 0 Å². The second-order valence-corrected chi connectivity index (χ2v) is 8.84. The molecule has 0 spiro atoms. The molecular weight excluding hydrogens is 348 g/mol. The zero-order chi connectivity index (χ0) is 19.2. The first-order valence-corrected chi connectivity index (χ1v) is 10.1. The average molecular weight is 383 g/mol. The van der Waals surface area contributed by atoms with Gasteiger partial charge in [-0.05, 0) is 45.4 Å². The lowest BCUT2D eigenvalue weighted by Crippen LogP contribution is -3.16. The molecule has 1 amide bonds. The monoisotopic (exact) mass is 382 g/mol. The number of halogens is 1. The summed E-state index contributed by atoms with van der Waals surface area (Å²) in [4.78, 5) is 15.9. The third-order valence-corrected chi connectivity index (χ3v) is 5.09. The highest BCUT2D eigenvalue weighted by molar-refractivity contribution is 6.30. The van der Waals surface area contributed by atoms with E-state index in [0.717, 1.165) is 50.7 Å². The van der Waals surface area contributed by atoms with Crippen LogP contribution in [-0.4, -0.2) is 57.3 Å². The average Bonchev–Trinajstić information content (AvgIpc) is 2.56. The minimum absolute atomic E-state index is 0.170. The summed E-state index contributed by atoms with van der Waals surface area (Å²) in [7, 11) is 0. The molecule has 0 aliphatic carbocycles. The highest BCUT2D eigenvalue weighted by Crippen LogP contribution is 2.24. The lowest BCUT2D eigenvalue weighted by molar-refractivity contribution is -0.892. The van der Waals surface area contributed by atoms with Crippen LogP contribution in [0.1, 0.15) is 32.8 Å². The van der Waals surface area contributed by atoms with Crippen molar-refractivity contribution < 1.29 is 15.0 Å². The number of carbonyl (C=O) groups is 1. The number of nitrogens with one attached hydrogen (secondary N) is 2. The predicted octanol–water partition coefficient (Wildman–Crippen LogP) is 0.222. The minimum Gasteiger partial charge on any atom is -0.360 e. The maximum Gasteiger partial charge on any atom is 0.275 e. The van der Waals surface area contributed by atoms with Gasteiger partial charge in [0, 0.05) is 23.7 Å². The molecule has 26 heavy (non-hydrogen) atoms. The number of aryl methyl sites for hydroxylation is 1. The van der Waals surface area contributed by atoms with Crippen LogP contribution in [0.5, 0.6) is 0 Å². The maximum atomic E-state index is 12.1. The Hall–Kier alpha value is -1.30. The van der Waals surface area contributed by atoms with Crippen LogP contribution in [0, 0.1) is 6.92 Å². The summed E-state index contributed by atoms with van der Waals surface area (Å²) in [5.41, 5.74) is 2.73. The van der Waals surface area contributed by atoms with Gasteiger partial charge in [-0.15, -0.1) is 0 Å². The second-order valence-electron chi connectivity index (χ2n) is 8.41. The maximum absolute atomic E-state index is 12.1. The molecule has 0 radical (unpaired) electrons. The summed E-state index contributed by atoms with van der Waals surface area (Å²) in [6.07, 6.45) is 1.01. The molecule has 1 aromatic rings. The molecule has 146 valence electrons. The Morgan fingerprint density at radius 2 is 2.00 bits per heavy atom. The van der Waals surface area contributed by atoms with Crippen molar-refractivity contribution in [2.45, 2.75) is 39.7 Å². The largest absolute Gasteiger partial charge is 0.360 e. The number of hydrogen-bond acceptors (Lipinski definition) is 2. The molecule has 1 aromatic carbocycles. The van der Waals surface area contributed by atoms with Gasteiger partial charge in [-0.25, -0.2) is 0 Å². The van der Waals surface area contributed by atoms with Gasteiger partial charge in [0.05, 0.1) is 38.3 Å². The van der Waals surface area contributed by atoms with Gasteiger partial charge in [-0.2, -0.15) is 0 Å². The Morgan fingerprint density at radius 1 is 1.31 bits per heavy atom. The first-order chi connectivity index (χ1) is 12.2. The van der Waals surface area contributed by atoms with Crippen molar-refractivity contribution in [2.24, 2.45) is 0 Å². The smallest absolute Gasteiger partial charge is 0.275 e. The molecule has 2 rings (SSSR count). The van der Waals surface area contributed by atoms with Crippen molar-refractivity contribution in [3.8, 4) is 0 Å². The molecule has 1 fully saturated rings. The molecule has 1 saturated heterocycles. The molecule has 0 unspecified atom stereocenters. The minimum atomic E-state index is 0.170. The summed E-state index contributed by atoms with van der Waals surface area (Å²) in [6, 6.07) is 6.05. The third kappa shape index (κ3) is 7.14. The number of hydrogen-bond donors (Lipinski definition) is 3. The van der Waals surface area contributed by atoms with E-state index in [1.807, 2.05) is 12.1 Å². The first-order valence-electron chi connectivity index (χ1n) is 9.70. The molecule has 1 aliphatic rings. The number of piperazine rings is 1. The number of rotatable bonds is 7. The van der Waals surface area contributed by atoms with Gasteiger partial charge in [0.25, 0.3) is 5.91 Å². The molecule has 4 N–H and O–H groups in total. The number of carbonyl (C=O) groups excluding carboxylic acids is 1. The van der Waals surface area contributed by atoms with Gasteiger partial charge in [-0.1, -0.05) is 17.7 Å². The van der Waals surface area contributed by atoms with E-state index in [0.29, 0.717) is 6.54 Å². The molecule has 0 saturated carbocycles. The third-order valence-electron chi connectivity index (χ3n) is 4.85. The van der Waals surface area contributed by atoms with Crippen LogP contribution in [0.2, 0.25) is 5.02 Å². The van der Waals surface area contributed by atoms with Crippen LogP contribution in [0.15, 0.2) is 18.2 Å². The molecule has 1 aliphatic heterocycles. The molecule has 0 atom stereocenters. The van der Waals surface area contributed by atoms with Gasteiger partial charge in [0.2, 0.25) is 0 Å². The number of nitrogens with two attached hydrogens (primary N) is 1. The zero-order valence-corrected chi connectivity index (χ0v) is 17.5. The Morgan fingerprint density at radius 3 is 2.65 bits per heavy atom. The molecule has 6 heteroatoms. The fourth-order valence-corrected chi connectivity index (χ4v) is 3.48. The van der Waals surface area contributed by atoms with Crippen LogP contribution in [0.4, 0.5) is 5.69 Å². The van der Waals surface area contributed by atoms with Gasteiger partial charge >= 0.3 is 0 Å². The number of amides is 1. The molecule has 0 bridgehead atoms. The van der Waals surface area contributed by atoms with E-state index >= 15 is 0 Å². The van der Waals surface area contributed by atoms with Crippen LogP contribution in [0.3, 0.4) is 0 Å². The van der Waals surface area contributed by atoms with Gasteiger partial charge in [0.15, 0.2) is 6.54 Å². The second kappa shape index (κ2) is 9.58. The van der Waals surface area contributed by atoms with E-state index in [2.05, 4.69) is 49.3 Å². The molecule has 1 heterocycles. The van der Waals surface area contributed by atoms with Crippen molar-refractivity contribution in [1.82, 2.24) is 5.32 Å². The summed E-state index contributed by atoms with van der Waals surface area (Å²) in [6.45, 7) is 15.0. The Bertz CT molecular complexity index is 592. The lowest BCUT2D eigenvalue weighted by atomic mass is 10.1. The van der Waals surface area contributed by atoms with E-state index in [-0.39, 0.29) is 11.4 Å². The zero-order valence-electron chi connectivity index (χ0n) is 16.7. The van der Waals surface area contributed by atoms with E-state index < -0.39 is 0 Å². The summed E-state index contributed by atoms with van der Waals surface area (Å²) in [5.74, 6) is 0.170. The first kappa shape index (κ1) is 21.0.